The number of rotatable bonds is 12. The highest BCUT2D eigenvalue weighted by atomic mass is 35.5. The summed E-state index contributed by atoms with van der Waals surface area (Å²) in [6.07, 6.45) is 8.27. The van der Waals surface area contributed by atoms with Crippen molar-refractivity contribution in [3.8, 4) is 0 Å². The molecular weight excluding hydrogens is 555 g/mol. The van der Waals surface area contributed by atoms with Crippen LogP contribution in [0.15, 0.2) is 67.0 Å². The van der Waals surface area contributed by atoms with E-state index < -0.39 is 5.79 Å². The van der Waals surface area contributed by atoms with Crippen molar-refractivity contribution in [2.75, 3.05) is 75.9 Å². The number of anilines is 5. The van der Waals surface area contributed by atoms with Gasteiger partial charge < -0.3 is 30.3 Å². The number of amides is 2. The molecule has 208 valence electrons. The van der Waals surface area contributed by atoms with E-state index >= 15 is 0 Å². The summed E-state index contributed by atoms with van der Waals surface area (Å²) in [5.74, 6) is 0.0256. The highest BCUT2D eigenvalue weighted by Crippen LogP contribution is 2.43. The number of nitrogens with zero attached hydrogens (tertiary/aromatic N) is 3. The smallest absolute Gasteiger partial charge is 0.293 e. The number of hydrogen-bond donors (Lipinski definition) is 3. The molecule has 0 radical (unpaired) electrons. The lowest BCUT2D eigenvalue weighted by Crippen LogP contribution is -2.59. The molecule has 1 unspecified atom stereocenters. The lowest BCUT2D eigenvalue weighted by atomic mass is 10.2. The standard InChI is InChI=1S/C28H34Cl2N6O2S/c1-34-24-10-6-5-9-23(24)33-28(34,36-16-12-21(20-36)31-26(37)13-19-39(2)3)27(38)32-22-8-4-7-11-25(22)35(17-14-29)18-15-30/h4-12,16,20,33H,13-15,17-19H2,1-3H3,(H-,31,32,37,38)/p+1. The third kappa shape index (κ3) is 6.26. The van der Waals surface area contributed by atoms with Gasteiger partial charge in [-0.1, -0.05) is 24.3 Å². The minimum absolute atomic E-state index is 0.0453. The van der Waals surface area contributed by atoms with Crippen LogP contribution in [0.4, 0.5) is 28.4 Å². The highest BCUT2D eigenvalue weighted by Gasteiger charge is 2.50. The van der Waals surface area contributed by atoms with Gasteiger partial charge >= 0.3 is 0 Å². The second kappa shape index (κ2) is 12.9. The van der Waals surface area contributed by atoms with Crippen molar-refractivity contribution in [2.45, 2.75) is 12.2 Å². The zero-order chi connectivity index (χ0) is 28.0. The van der Waals surface area contributed by atoms with E-state index in [1.54, 1.807) is 23.0 Å². The summed E-state index contributed by atoms with van der Waals surface area (Å²) in [4.78, 5) is 30.8. The zero-order valence-electron chi connectivity index (χ0n) is 22.4. The Kier molecular flexibility index (Phi) is 9.58. The average Bonchev–Trinajstić information content (AvgIpc) is 3.51. The average molecular weight is 591 g/mol. The third-order valence-electron chi connectivity index (χ3n) is 6.67. The molecule has 1 aliphatic heterocycles. The van der Waals surface area contributed by atoms with Crippen LogP contribution in [0.1, 0.15) is 6.42 Å². The molecule has 3 aromatic rings. The monoisotopic (exact) mass is 589 g/mol. The van der Waals surface area contributed by atoms with Gasteiger partial charge in [0.2, 0.25) is 5.91 Å². The molecule has 8 nitrogen and oxygen atoms in total. The van der Waals surface area contributed by atoms with Gasteiger partial charge in [0.15, 0.2) is 0 Å². The fraction of sp³-hybridized carbons (Fsp3) is 0.357. The molecule has 0 fully saturated rings. The van der Waals surface area contributed by atoms with Gasteiger partial charge in [0.25, 0.3) is 11.7 Å². The fourth-order valence-corrected chi connectivity index (χ4v) is 5.70. The van der Waals surface area contributed by atoms with Crippen molar-refractivity contribution in [3.63, 3.8) is 0 Å². The molecule has 3 N–H and O–H groups in total. The molecule has 0 aliphatic carbocycles. The van der Waals surface area contributed by atoms with Gasteiger partial charge in [-0.2, -0.15) is 0 Å². The first-order chi connectivity index (χ1) is 18.8. The molecule has 1 aromatic heterocycles. The predicted molar refractivity (Wildman–Crippen MR) is 167 cm³/mol. The van der Waals surface area contributed by atoms with Crippen LogP contribution in [0.2, 0.25) is 0 Å². The normalized spacial score (nSPS) is 16.1. The molecule has 1 atom stereocenters. The minimum atomic E-state index is -1.33. The number of halogens is 2. The van der Waals surface area contributed by atoms with Crippen LogP contribution < -0.4 is 25.8 Å². The van der Waals surface area contributed by atoms with Gasteiger partial charge in [-0.25, -0.2) is 0 Å². The number of carbonyl (C=O) groups excluding carboxylic acids is 2. The van der Waals surface area contributed by atoms with Crippen molar-refractivity contribution in [2.24, 2.45) is 0 Å². The molecule has 2 amide bonds. The number of para-hydroxylation sites is 4. The first-order valence-electron chi connectivity index (χ1n) is 12.7. The number of hydrogen-bond acceptors (Lipinski definition) is 5. The van der Waals surface area contributed by atoms with Crippen LogP contribution in [0.25, 0.3) is 0 Å². The van der Waals surface area contributed by atoms with E-state index in [9.17, 15) is 9.59 Å². The van der Waals surface area contributed by atoms with Gasteiger partial charge in [0, 0.05) is 44.3 Å². The number of carbonyl (C=O) groups is 2. The van der Waals surface area contributed by atoms with Gasteiger partial charge in [0.1, 0.15) is 5.75 Å². The zero-order valence-corrected chi connectivity index (χ0v) is 24.7. The van der Waals surface area contributed by atoms with Crippen LogP contribution in [0, 0.1) is 0 Å². The lowest BCUT2D eigenvalue weighted by molar-refractivity contribution is -0.123. The minimum Gasteiger partial charge on any atom is -0.367 e. The number of likely N-dealkylation sites (N-methyl/N-ethyl adjacent to an activating group) is 1. The first kappa shape index (κ1) is 29.0. The maximum atomic E-state index is 14.3. The van der Waals surface area contributed by atoms with Crippen molar-refractivity contribution in [3.05, 3.63) is 67.0 Å². The highest BCUT2D eigenvalue weighted by molar-refractivity contribution is 7.95. The van der Waals surface area contributed by atoms with E-state index in [0.29, 0.717) is 42.6 Å². The predicted octanol–water partition coefficient (Wildman–Crippen LogP) is 4.79. The second-order valence-corrected chi connectivity index (χ2v) is 12.6. The van der Waals surface area contributed by atoms with Crippen LogP contribution in [0.3, 0.4) is 0 Å². The number of alkyl halides is 2. The molecule has 1 aliphatic rings. The van der Waals surface area contributed by atoms with E-state index in [1.807, 2.05) is 60.5 Å². The second-order valence-electron chi connectivity index (χ2n) is 9.51. The van der Waals surface area contributed by atoms with Crippen LogP contribution in [-0.4, -0.2) is 66.5 Å². The summed E-state index contributed by atoms with van der Waals surface area (Å²) >= 11 is 12.1. The molecular formula is C28H35Cl2N6O2S+. The van der Waals surface area contributed by atoms with E-state index in [2.05, 4.69) is 33.4 Å². The van der Waals surface area contributed by atoms with E-state index in [4.69, 9.17) is 23.2 Å². The Labute approximate surface area is 243 Å². The maximum absolute atomic E-state index is 14.3. The topological polar surface area (TPSA) is 81.6 Å². The number of nitrogens with one attached hydrogen (secondary N) is 3. The fourth-order valence-electron chi connectivity index (χ4n) is 4.70. The summed E-state index contributed by atoms with van der Waals surface area (Å²) < 4.78 is 1.79. The largest absolute Gasteiger partial charge is 0.367 e. The van der Waals surface area contributed by atoms with Gasteiger partial charge in [-0.15, -0.1) is 23.2 Å². The molecule has 39 heavy (non-hydrogen) atoms. The Morgan fingerprint density at radius 3 is 2.38 bits per heavy atom. The Hall–Kier alpha value is -3.01. The number of aromatic nitrogens is 1. The summed E-state index contributed by atoms with van der Waals surface area (Å²) in [5.41, 5.74) is 3.82. The van der Waals surface area contributed by atoms with Crippen molar-refractivity contribution >= 4 is 74.3 Å². The molecule has 0 saturated carbocycles. The van der Waals surface area contributed by atoms with E-state index in [1.165, 1.54) is 0 Å². The molecule has 11 heteroatoms. The molecule has 2 heterocycles. The summed E-state index contributed by atoms with van der Waals surface area (Å²) in [7, 11) is 2.06. The Balaban J connectivity index is 1.68. The summed E-state index contributed by atoms with van der Waals surface area (Å²) in [6, 6.07) is 17.2. The molecule has 2 aromatic carbocycles. The van der Waals surface area contributed by atoms with E-state index in [0.717, 1.165) is 22.8 Å². The van der Waals surface area contributed by atoms with Gasteiger partial charge in [-0.3, -0.25) is 9.59 Å². The lowest BCUT2D eigenvalue weighted by Gasteiger charge is -2.37. The Morgan fingerprint density at radius 2 is 1.69 bits per heavy atom. The Morgan fingerprint density at radius 1 is 1.00 bits per heavy atom. The molecule has 4 rings (SSSR count). The third-order valence-corrected chi connectivity index (χ3v) is 8.02. The molecule has 0 saturated heterocycles. The Bertz CT molecular complexity index is 1300. The maximum Gasteiger partial charge on any atom is 0.293 e. The number of benzene rings is 2. The van der Waals surface area contributed by atoms with Crippen LogP contribution in [0.5, 0.6) is 0 Å². The SMILES string of the molecule is CN1c2ccccc2NC1(C(=O)Nc1ccccc1N(CCCl)CCCl)n1ccc(NC(=O)CC[S+](C)C)c1. The van der Waals surface area contributed by atoms with Gasteiger partial charge in [0.05, 0.1) is 47.4 Å². The summed E-state index contributed by atoms with van der Waals surface area (Å²) in [6.45, 7) is 1.18. The van der Waals surface area contributed by atoms with Crippen LogP contribution >= 0.6 is 23.2 Å². The quantitative estimate of drug-likeness (QED) is 0.209. The first-order valence-corrected chi connectivity index (χ1v) is 16.0. The summed E-state index contributed by atoms with van der Waals surface area (Å²) in [5, 5.41) is 9.58. The molecule has 0 bridgehead atoms. The van der Waals surface area contributed by atoms with Crippen molar-refractivity contribution in [1.82, 2.24) is 4.57 Å². The van der Waals surface area contributed by atoms with Gasteiger partial charge in [-0.05, 0) is 41.2 Å². The van der Waals surface area contributed by atoms with Crippen molar-refractivity contribution < 1.29 is 9.59 Å². The number of fused-ring (bicyclic) bond motifs is 1. The van der Waals surface area contributed by atoms with Crippen LogP contribution in [-0.2, 0) is 26.3 Å². The molecule has 0 spiro atoms. The van der Waals surface area contributed by atoms with Crippen molar-refractivity contribution in [1.29, 1.82) is 0 Å². The van der Waals surface area contributed by atoms with E-state index in [-0.39, 0.29) is 22.7 Å².